The summed E-state index contributed by atoms with van der Waals surface area (Å²) in [6.45, 7) is 4.87. The third-order valence-electron chi connectivity index (χ3n) is 5.14. The van der Waals surface area contributed by atoms with Crippen molar-refractivity contribution < 1.29 is 0 Å². The van der Waals surface area contributed by atoms with Gasteiger partial charge in [0.25, 0.3) is 0 Å². The van der Waals surface area contributed by atoms with Crippen LogP contribution < -0.4 is 5.32 Å². The lowest BCUT2D eigenvalue weighted by atomic mass is 9.69. The fraction of sp³-hybridized carbons (Fsp3) is 1.00. The predicted octanol–water partition coefficient (Wildman–Crippen LogP) is 3.98. The molecule has 2 fully saturated rings. The van der Waals surface area contributed by atoms with Crippen LogP contribution in [0, 0.1) is 17.3 Å². The summed E-state index contributed by atoms with van der Waals surface area (Å²) in [5, 5.41) is 3.60. The first kappa shape index (κ1) is 12.4. The van der Waals surface area contributed by atoms with Gasteiger partial charge in [0.05, 0.1) is 0 Å². The van der Waals surface area contributed by atoms with E-state index < -0.39 is 0 Å². The Morgan fingerprint density at radius 3 is 2.19 bits per heavy atom. The maximum absolute atomic E-state index is 3.60. The Hall–Kier alpha value is -0.0400. The van der Waals surface area contributed by atoms with Crippen LogP contribution in [0.15, 0.2) is 0 Å². The zero-order valence-corrected chi connectivity index (χ0v) is 11.4. The summed E-state index contributed by atoms with van der Waals surface area (Å²) in [7, 11) is 2.17. The van der Waals surface area contributed by atoms with Gasteiger partial charge in [0.15, 0.2) is 0 Å². The number of hydrogen-bond acceptors (Lipinski definition) is 1. The Balaban J connectivity index is 1.80. The smallest absolute Gasteiger partial charge is 0.00949 e. The van der Waals surface area contributed by atoms with Crippen molar-refractivity contribution in [2.45, 2.75) is 71.3 Å². The van der Waals surface area contributed by atoms with Gasteiger partial charge in [0, 0.05) is 6.04 Å². The molecule has 2 aliphatic rings. The minimum Gasteiger partial charge on any atom is -0.317 e. The largest absolute Gasteiger partial charge is 0.317 e. The molecule has 1 N–H and O–H groups in total. The van der Waals surface area contributed by atoms with Crippen molar-refractivity contribution in [3.63, 3.8) is 0 Å². The molecule has 0 spiro atoms. The van der Waals surface area contributed by atoms with Gasteiger partial charge in [-0.25, -0.2) is 0 Å². The quantitative estimate of drug-likeness (QED) is 0.760. The summed E-state index contributed by atoms with van der Waals surface area (Å²) in [6, 6.07) is 0.807. The van der Waals surface area contributed by atoms with E-state index in [0.717, 1.165) is 17.9 Å². The van der Waals surface area contributed by atoms with E-state index in [2.05, 4.69) is 26.2 Å². The van der Waals surface area contributed by atoms with Crippen LogP contribution in [0.4, 0.5) is 0 Å². The van der Waals surface area contributed by atoms with Gasteiger partial charge in [-0.05, 0) is 56.4 Å². The topological polar surface area (TPSA) is 12.0 Å². The third kappa shape index (κ3) is 3.00. The van der Waals surface area contributed by atoms with Crippen LogP contribution in [0.2, 0.25) is 0 Å². The Bertz CT molecular complexity index is 207. The molecule has 0 aromatic rings. The minimum atomic E-state index is 0.616. The van der Waals surface area contributed by atoms with Gasteiger partial charge >= 0.3 is 0 Å². The maximum atomic E-state index is 3.60. The lowest BCUT2D eigenvalue weighted by molar-refractivity contribution is 0.141. The summed E-state index contributed by atoms with van der Waals surface area (Å²) < 4.78 is 0. The highest BCUT2D eigenvalue weighted by Crippen LogP contribution is 2.41. The van der Waals surface area contributed by atoms with Crippen molar-refractivity contribution in [2.75, 3.05) is 7.05 Å². The molecule has 0 bridgehead atoms. The van der Waals surface area contributed by atoms with Crippen molar-refractivity contribution in [1.29, 1.82) is 0 Å². The van der Waals surface area contributed by atoms with E-state index >= 15 is 0 Å². The van der Waals surface area contributed by atoms with Crippen LogP contribution in [0.3, 0.4) is 0 Å². The molecule has 16 heavy (non-hydrogen) atoms. The van der Waals surface area contributed by atoms with Crippen molar-refractivity contribution in [3.05, 3.63) is 0 Å². The van der Waals surface area contributed by atoms with Crippen molar-refractivity contribution >= 4 is 0 Å². The lowest BCUT2D eigenvalue weighted by Crippen LogP contribution is -2.39. The predicted molar refractivity (Wildman–Crippen MR) is 70.5 cm³/mol. The lowest BCUT2D eigenvalue weighted by Gasteiger charge is -2.40. The number of nitrogens with one attached hydrogen (secondary N) is 1. The molecule has 0 aromatic carbocycles. The molecular weight excluding hydrogens is 194 g/mol. The molecule has 0 saturated heterocycles. The first-order valence-electron chi connectivity index (χ1n) is 7.28. The average Bonchev–Trinajstić information content (AvgIpc) is 2.18. The molecule has 2 saturated carbocycles. The fourth-order valence-electron chi connectivity index (χ4n) is 3.46. The molecule has 0 aromatic heterocycles. The van der Waals surface area contributed by atoms with E-state index in [1.54, 1.807) is 0 Å². The minimum absolute atomic E-state index is 0.616. The summed E-state index contributed by atoms with van der Waals surface area (Å²) >= 11 is 0. The maximum Gasteiger partial charge on any atom is 0.00949 e. The molecule has 1 nitrogen and oxygen atoms in total. The van der Waals surface area contributed by atoms with Crippen molar-refractivity contribution in [2.24, 2.45) is 17.3 Å². The molecule has 0 radical (unpaired) electrons. The van der Waals surface area contributed by atoms with Gasteiger partial charge in [-0.3, -0.25) is 0 Å². The Morgan fingerprint density at radius 2 is 1.75 bits per heavy atom. The van der Waals surface area contributed by atoms with Crippen LogP contribution in [-0.4, -0.2) is 13.1 Å². The monoisotopic (exact) mass is 223 g/mol. The van der Waals surface area contributed by atoms with Crippen LogP contribution in [0.25, 0.3) is 0 Å². The second kappa shape index (κ2) is 5.08. The van der Waals surface area contributed by atoms with Crippen LogP contribution >= 0.6 is 0 Å². The van der Waals surface area contributed by atoms with Gasteiger partial charge in [0.2, 0.25) is 0 Å². The number of hydrogen-bond donors (Lipinski definition) is 1. The highest BCUT2D eigenvalue weighted by Gasteiger charge is 2.32. The molecular formula is C15H29N. The normalized spacial score (nSPS) is 28.7. The van der Waals surface area contributed by atoms with Gasteiger partial charge in [-0.2, -0.15) is 0 Å². The Kier molecular flexibility index (Phi) is 3.94. The molecule has 0 heterocycles. The molecule has 0 amide bonds. The van der Waals surface area contributed by atoms with Crippen LogP contribution in [0.1, 0.15) is 65.2 Å². The van der Waals surface area contributed by atoms with E-state index in [-0.39, 0.29) is 0 Å². The van der Waals surface area contributed by atoms with Gasteiger partial charge in [-0.1, -0.05) is 33.1 Å². The van der Waals surface area contributed by atoms with E-state index in [1.165, 1.54) is 51.4 Å². The second-order valence-electron chi connectivity index (χ2n) is 6.93. The summed E-state index contributed by atoms with van der Waals surface area (Å²) in [6.07, 6.45) is 11.7. The van der Waals surface area contributed by atoms with Crippen LogP contribution in [-0.2, 0) is 0 Å². The SMILES string of the molecule is CNC(CC1CCC1)C1CCC(C)(C)CC1. The van der Waals surface area contributed by atoms with Gasteiger partial charge < -0.3 is 5.32 Å². The zero-order chi connectivity index (χ0) is 11.6. The molecule has 2 rings (SSSR count). The summed E-state index contributed by atoms with van der Waals surface area (Å²) in [5.74, 6) is 2.01. The first-order valence-corrected chi connectivity index (χ1v) is 7.28. The molecule has 94 valence electrons. The van der Waals surface area contributed by atoms with E-state index in [1.807, 2.05) is 0 Å². The van der Waals surface area contributed by atoms with Crippen molar-refractivity contribution in [3.8, 4) is 0 Å². The zero-order valence-electron chi connectivity index (χ0n) is 11.4. The van der Waals surface area contributed by atoms with Gasteiger partial charge in [-0.15, -0.1) is 0 Å². The molecule has 2 aliphatic carbocycles. The van der Waals surface area contributed by atoms with Crippen molar-refractivity contribution in [1.82, 2.24) is 5.32 Å². The summed E-state index contributed by atoms with van der Waals surface area (Å²) in [5.41, 5.74) is 0.616. The highest BCUT2D eigenvalue weighted by molar-refractivity contribution is 4.87. The van der Waals surface area contributed by atoms with Crippen LogP contribution in [0.5, 0.6) is 0 Å². The second-order valence-corrected chi connectivity index (χ2v) is 6.93. The standard InChI is InChI=1S/C15H29N/c1-15(2)9-7-13(8-10-15)14(16-3)11-12-5-4-6-12/h12-14,16H,4-11H2,1-3H3. The Labute approximate surface area is 101 Å². The summed E-state index contributed by atoms with van der Waals surface area (Å²) in [4.78, 5) is 0. The van der Waals surface area contributed by atoms with Gasteiger partial charge in [0.1, 0.15) is 0 Å². The Morgan fingerprint density at radius 1 is 1.12 bits per heavy atom. The van der Waals surface area contributed by atoms with E-state index in [4.69, 9.17) is 0 Å². The van der Waals surface area contributed by atoms with E-state index in [9.17, 15) is 0 Å². The average molecular weight is 223 g/mol. The molecule has 1 unspecified atom stereocenters. The number of rotatable bonds is 4. The molecule has 1 atom stereocenters. The third-order valence-corrected chi connectivity index (χ3v) is 5.14. The van der Waals surface area contributed by atoms with E-state index in [0.29, 0.717) is 5.41 Å². The molecule has 0 aliphatic heterocycles. The molecule has 1 heteroatoms. The highest BCUT2D eigenvalue weighted by atomic mass is 14.9. The first-order chi connectivity index (χ1) is 7.61. The fourth-order valence-corrected chi connectivity index (χ4v) is 3.46.